The summed E-state index contributed by atoms with van der Waals surface area (Å²) in [6.45, 7) is 0.202. The zero-order valence-electron chi connectivity index (χ0n) is 16.7. The fourth-order valence-electron chi connectivity index (χ4n) is 3.12. The third kappa shape index (κ3) is 5.20. The van der Waals surface area contributed by atoms with Crippen molar-refractivity contribution in [2.24, 2.45) is 4.99 Å². The van der Waals surface area contributed by atoms with Crippen LogP contribution < -0.4 is 10.7 Å². The van der Waals surface area contributed by atoms with Crippen LogP contribution in [0.2, 0.25) is 0 Å². The van der Waals surface area contributed by atoms with Gasteiger partial charge in [-0.15, -0.1) is 0 Å². The van der Waals surface area contributed by atoms with Crippen molar-refractivity contribution in [3.8, 4) is 11.3 Å². The summed E-state index contributed by atoms with van der Waals surface area (Å²) in [5.41, 5.74) is 0.503. The maximum Gasteiger partial charge on any atom is 0.407 e. The van der Waals surface area contributed by atoms with Gasteiger partial charge in [-0.25, -0.2) is 8.78 Å². The number of halogens is 8. The zero-order chi connectivity index (χ0) is 23.8. The van der Waals surface area contributed by atoms with Gasteiger partial charge in [0.25, 0.3) is 0 Å². The Kier molecular flexibility index (Phi) is 6.21. The predicted octanol–water partition coefficient (Wildman–Crippen LogP) is 6.68. The van der Waals surface area contributed by atoms with E-state index in [1.165, 1.54) is 0 Å². The molecule has 172 valence electrons. The first-order valence-electron chi connectivity index (χ1n) is 9.20. The highest BCUT2D eigenvalue weighted by atomic mass is 19.4. The molecule has 0 aromatic heterocycles. The number of benzene rings is 2. The molecule has 0 amide bonds. The third-order valence-electron chi connectivity index (χ3n) is 4.61. The maximum atomic E-state index is 14.5. The quantitative estimate of drug-likeness (QED) is 0.346. The van der Waals surface area contributed by atoms with Crippen LogP contribution in [0.1, 0.15) is 19.4 Å². The lowest BCUT2D eigenvalue weighted by molar-refractivity contribution is -0.118. The Morgan fingerprint density at radius 3 is 2.28 bits per heavy atom. The molecule has 1 aliphatic carbocycles. The number of rotatable bonds is 4. The Morgan fingerprint density at radius 2 is 1.69 bits per heavy atom. The van der Waals surface area contributed by atoms with E-state index in [1.54, 1.807) is 19.9 Å². The first-order chi connectivity index (χ1) is 14.8. The van der Waals surface area contributed by atoms with E-state index in [0.29, 0.717) is 11.1 Å². The van der Waals surface area contributed by atoms with Gasteiger partial charge in [0, 0.05) is 23.1 Å². The van der Waals surface area contributed by atoms with Gasteiger partial charge in [0.2, 0.25) is 0 Å². The molecule has 2 aliphatic rings. The van der Waals surface area contributed by atoms with Crippen LogP contribution in [0, 0.1) is 11.6 Å². The highest BCUT2D eigenvalue weighted by Crippen LogP contribution is 2.39. The largest absolute Gasteiger partial charge is 0.456 e. The summed E-state index contributed by atoms with van der Waals surface area (Å²) >= 11 is 0. The van der Waals surface area contributed by atoms with Gasteiger partial charge in [0.1, 0.15) is 36.1 Å². The molecular formula is C21H16F8N2O. The van der Waals surface area contributed by atoms with Gasteiger partial charge in [0.05, 0.1) is 11.0 Å². The summed E-state index contributed by atoms with van der Waals surface area (Å²) < 4.78 is 110. The minimum absolute atomic E-state index is 0.0480. The summed E-state index contributed by atoms with van der Waals surface area (Å²) in [5, 5.41) is 1.49. The van der Waals surface area contributed by atoms with Crippen molar-refractivity contribution in [3.05, 3.63) is 52.9 Å². The van der Waals surface area contributed by atoms with Gasteiger partial charge >= 0.3 is 12.4 Å². The number of nitrogens with one attached hydrogen (secondary N) is 1. The van der Waals surface area contributed by atoms with Gasteiger partial charge in [-0.05, 0) is 37.1 Å². The molecule has 1 heterocycles. The minimum atomic E-state index is -4.65. The molecule has 0 saturated heterocycles. The summed E-state index contributed by atoms with van der Waals surface area (Å²) in [5.74, 6) is -2.09. The molecule has 1 aromatic carbocycles. The van der Waals surface area contributed by atoms with Crippen molar-refractivity contribution in [2.75, 3.05) is 18.4 Å². The van der Waals surface area contributed by atoms with Crippen LogP contribution in [0.3, 0.4) is 0 Å². The Bertz CT molecular complexity index is 1220. The van der Waals surface area contributed by atoms with Crippen molar-refractivity contribution in [1.29, 1.82) is 0 Å². The van der Waals surface area contributed by atoms with E-state index in [2.05, 4.69) is 4.99 Å². The van der Waals surface area contributed by atoms with E-state index in [4.69, 9.17) is 4.42 Å². The van der Waals surface area contributed by atoms with Crippen LogP contribution in [0.5, 0.6) is 0 Å². The number of alkyl halides is 6. The van der Waals surface area contributed by atoms with Crippen LogP contribution in [-0.2, 0) is 0 Å². The van der Waals surface area contributed by atoms with E-state index in [-0.39, 0.29) is 22.3 Å². The standard InChI is InChI=1S/C21H16F8N2O/c1-3-10(2)19-11-4-13(22)15(30-8-20(24,25)26)6-17(11)32-18-7-16(14(23)5-12(18)19)31-9-21(27,28)29/h3-7,30H,8-9H2,1-2H3/b10-3+,31-16-. The molecule has 0 bridgehead atoms. The lowest BCUT2D eigenvalue weighted by Crippen LogP contribution is -2.21. The molecule has 0 saturated carbocycles. The monoisotopic (exact) mass is 464 g/mol. The fraction of sp³-hybridized carbons (Fsp3) is 0.286. The number of hydrogen-bond donors (Lipinski definition) is 1. The average molecular weight is 464 g/mol. The second kappa shape index (κ2) is 8.44. The Hall–Kier alpha value is -3.11. The van der Waals surface area contributed by atoms with Gasteiger partial charge < -0.3 is 9.73 Å². The second-order valence-corrected chi connectivity index (χ2v) is 6.98. The van der Waals surface area contributed by atoms with E-state index in [9.17, 15) is 35.1 Å². The van der Waals surface area contributed by atoms with E-state index >= 15 is 0 Å². The minimum Gasteiger partial charge on any atom is -0.456 e. The Labute approximate surface area is 176 Å². The molecule has 11 heteroatoms. The van der Waals surface area contributed by atoms with Crippen LogP contribution >= 0.6 is 0 Å². The molecule has 0 atom stereocenters. The summed E-state index contributed by atoms with van der Waals surface area (Å²) in [6, 6.07) is 3.87. The van der Waals surface area contributed by atoms with E-state index < -0.39 is 48.1 Å². The van der Waals surface area contributed by atoms with E-state index in [0.717, 1.165) is 24.3 Å². The number of anilines is 1. The number of fused-ring (bicyclic) bond motifs is 2. The molecule has 32 heavy (non-hydrogen) atoms. The molecule has 3 rings (SSSR count). The topological polar surface area (TPSA) is 37.5 Å². The maximum absolute atomic E-state index is 14.5. The van der Waals surface area contributed by atoms with Crippen LogP contribution in [0.15, 0.2) is 39.8 Å². The fourth-order valence-corrected chi connectivity index (χ4v) is 3.12. The van der Waals surface area contributed by atoms with Crippen LogP contribution in [0.25, 0.3) is 27.9 Å². The molecule has 3 nitrogen and oxygen atoms in total. The zero-order valence-corrected chi connectivity index (χ0v) is 16.7. The van der Waals surface area contributed by atoms with Gasteiger partial charge in [-0.2, -0.15) is 26.3 Å². The number of hydrogen-bond acceptors (Lipinski definition) is 3. The van der Waals surface area contributed by atoms with Crippen molar-refractivity contribution < 1.29 is 39.5 Å². The molecule has 0 unspecified atom stereocenters. The summed E-state index contributed by atoms with van der Waals surface area (Å²) in [7, 11) is 0. The highest BCUT2D eigenvalue weighted by molar-refractivity contribution is 5.98. The van der Waals surface area contributed by atoms with Gasteiger partial charge in [-0.1, -0.05) is 6.08 Å². The Balaban J connectivity index is 2.29. The SMILES string of the molecule is C/C=C(\C)c1c2cc(F)/c(=N\CC(F)(F)F)cc-2oc2cc(NCC(F)(F)F)c(F)cc12. The molecule has 1 aromatic rings. The third-order valence-corrected chi connectivity index (χ3v) is 4.61. The molecule has 0 spiro atoms. The molecule has 0 fully saturated rings. The van der Waals surface area contributed by atoms with Gasteiger partial charge in [-0.3, -0.25) is 4.99 Å². The van der Waals surface area contributed by atoms with Crippen molar-refractivity contribution in [3.63, 3.8) is 0 Å². The number of allylic oxidation sites excluding steroid dienone is 2. The molecular weight excluding hydrogens is 448 g/mol. The second-order valence-electron chi connectivity index (χ2n) is 6.98. The number of nitrogens with zero attached hydrogens (tertiary/aromatic N) is 1. The first-order valence-corrected chi connectivity index (χ1v) is 9.20. The normalized spacial score (nSPS) is 13.9. The molecule has 0 radical (unpaired) electrons. The summed E-state index contributed by atoms with van der Waals surface area (Å²) in [4.78, 5) is 3.22. The van der Waals surface area contributed by atoms with E-state index in [1.807, 2.05) is 5.32 Å². The predicted molar refractivity (Wildman–Crippen MR) is 103 cm³/mol. The smallest absolute Gasteiger partial charge is 0.407 e. The van der Waals surface area contributed by atoms with Crippen LogP contribution in [0.4, 0.5) is 40.8 Å². The molecule has 1 aliphatic heterocycles. The summed E-state index contributed by atoms with van der Waals surface area (Å²) in [6.07, 6.45) is -7.60. The first kappa shape index (κ1) is 23.6. The van der Waals surface area contributed by atoms with Crippen LogP contribution in [-0.4, -0.2) is 25.4 Å². The van der Waals surface area contributed by atoms with Crippen molar-refractivity contribution >= 4 is 22.2 Å². The van der Waals surface area contributed by atoms with Crippen molar-refractivity contribution in [2.45, 2.75) is 26.2 Å². The van der Waals surface area contributed by atoms with Gasteiger partial charge in [0.15, 0.2) is 0 Å². The Morgan fingerprint density at radius 1 is 1.00 bits per heavy atom. The lowest BCUT2D eigenvalue weighted by Gasteiger charge is -2.17. The van der Waals surface area contributed by atoms with Crippen molar-refractivity contribution in [1.82, 2.24) is 0 Å². The average Bonchev–Trinajstić information content (AvgIpc) is 2.67. The lowest BCUT2D eigenvalue weighted by atomic mass is 9.94. The highest BCUT2D eigenvalue weighted by Gasteiger charge is 2.28. The molecule has 1 N–H and O–H groups in total.